The first kappa shape index (κ1) is 8.61. The highest BCUT2D eigenvalue weighted by molar-refractivity contribution is 5.57. The fourth-order valence-corrected chi connectivity index (χ4v) is 1.91. The molecule has 0 aliphatic heterocycles. The number of allylic oxidation sites excluding steroid dienone is 1. The Morgan fingerprint density at radius 2 is 1.85 bits per heavy atom. The summed E-state index contributed by atoms with van der Waals surface area (Å²) in [7, 11) is 0. The minimum atomic E-state index is 0.219. The number of hydrogen-bond donors (Lipinski definition) is 1. The predicted octanol–water partition coefficient (Wildman–Crippen LogP) is 3.35. The van der Waals surface area contributed by atoms with Gasteiger partial charge in [-0.05, 0) is 23.1 Å². The van der Waals surface area contributed by atoms with Crippen molar-refractivity contribution in [3.8, 4) is 0 Å². The van der Waals surface area contributed by atoms with Crippen LogP contribution in [0.5, 0.6) is 0 Å². The average Bonchev–Trinajstić information content (AvgIpc) is 2.46. The first-order chi connectivity index (χ1) is 5.95. The van der Waals surface area contributed by atoms with E-state index in [-0.39, 0.29) is 10.8 Å². The second kappa shape index (κ2) is 2.28. The molecule has 1 aromatic heterocycles. The molecule has 0 spiro atoms. The van der Waals surface area contributed by atoms with Crippen LogP contribution >= 0.6 is 0 Å². The molecule has 1 aliphatic carbocycles. The van der Waals surface area contributed by atoms with Gasteiger partial charge in [-0.15, -0.1) is 0 Å². The molecule has 0 saturated carbocycles. The molecule has 0 unspecified atom stereocenters. The summed E-state index contributed by atoms with van der Waals surface area (Å²) in [4.78, 5) is 3.26. The molecule has 1 aliphatic rings. The van der Waals surface area contributed by atoms with E-state index in [4.69, 9.17) is 0 Å². The average molecular weight is 175 g/mol. The summed E-state index contributed by atoms with van der Waals surface area (Å²) in [5.41, 5.74) is 3.16. The number of aromatic nitrogens is 1. The molecule has 1 aromatic rings. The van der Waals surface area contributed by atoms with Crippen LogP contribution in [0.3, 0.4) is 0 Å². The molecule has 0 atom stereocenters. The normalized spacial score (nSPS) is 22.8. The van der Waals surface area contributed by atoms with E-state index in [1.165, 1.54) is 11.3 Å². The Morgan fingerprint density at radius 3 is 2.54 bits per heavy atom. The van der Waals surface area contributed by atoms with Crippen LogP contribution in [0.15, 0.2) is 18.3 Å². The van der Waals surface area contributed by atoms with Crippen molar-refractivity contribution < 1.29 is 0 Å². The lowest BCUT2D eigenvalue weighted by molar-refractivity contribution is 0.265. The molecular weight excluding hydrogens is 158 g/mol. The highest BCUT2D eigenvalue weighted by Crippen LogP contribution is 2.46. The van der Waals surface area contributed by atoms with Crippen LogP contribution < -0.4 is 0 Å². The molecule has 1 N–H and O–H groups in total. The quantitative estimate of drug-likeness (QED) is 0.622. The van der Waals surface area contributed by atoms with Gasteiger partial charge < -0.3 is 4.98 Å². The maximum atomic E-state index is 3.26. The Kier molecular flexibility index (Phi) is 1.51. The molecule has 1 heterocycles. The Balaban J connectivity index is 2.63. The molecule has 0 fully saturated rings. The van der Waals surface area contributed by atoms with E-state index in [9.17, 15) is 0 Å². The van der Waals surface area contributed by atoms with Crippen molar-refractivity contribution in [1.82, 2.24) is 4.98 Å². The summed E-state index contributed by atoms with van der Waals surface area (Å²) in [6.45, 7) is 9.20. The maximum absolute atomic E-state index is 3.26. The zero-order valence-electron chi connectivity index (χ0n) is 8.81. The molecule has 0 amide bonds. The smallest absolute Gasteiger partial charge is 0.0415 e. The van der Waals surface area contributed by atoms with Gasteiger partial charge in [0.2, 0.25) is 0 Å². The van der Waals surface area contributed by atoms with E-state index in [1.807, 2.05) is 6.20 Å². The van der Waals surface area contributed by atoms with Gasteiger partial charge in [-0.1, -0.05) is 33.8 Å². The van der Waals surface area contributed by atoms with Crippen molar-refractivity contribution in [2.75, 3.05) is 0 Å². The van der Waals surface area contributed by atoms with Gasteiger partial charge in [-0.3, -0.25) is 0 Å². The third kappa shape index (κ3) is 0.995. The van der Waals surface area contributed by atoms with Crippen molar-refractivity contribution in [1.29, 1.82) is 0 Å². The van der Waals surface area contributed by atoms with E-state index in [1.54, 1.807) is 0 Å². The number of hydrogen-bond acceptors (Lipinski definition) is 0. The number of aromatic amines is 1. The number of H-pyrrole nitrogens is 1. The van der Waals surface area contributed by atoms with Crippen molar-refractivity contribution >= 4 is 6.08 Å². The van der Waals surface area contributed by atoms with Crippen molar-refractivity contribution in [2.24, 2.45) is 5.41 Å². The van der Waals surface area contributed by atoms with Gasteiger partial charge in [0.25, 0.3) is 0 Å². The lowest BCUT2D eigenvalue weighted by Crippen LogP contribution is -2.37. The van der Waals surface area contributed by atoms with Gasteiger partial charge >= 0.3 is 0 Å². The molecule has 0 aromatic carbocycles. The van der Waals surface area contributed by atoms with Gasteiger partial charge in [0.1, 0.15) is 0 Å². The van der Waals surface area contributed by atoms with Crippen LogP contribution in [-0.2, 0) is 5.41 Å². The van der Waals surface area contributed by atoms with Crippen LogP contribution in [0, 0.1) is 5.41 Å². The lowest BCUT2D eigenvalue weighted by Gasteiger charge is -2.42. The first-order valence-electron chi connectivity index (χ1n) is 4.82. The SMILES string of the molecule is CC1(C)C=Cc2[nH]ccc2C1(C)C. The standard InChI is InChI=1S/C12H17N/c1-11(2)7-5-10-9(6-8-13-10)12(11,3)4/h5-8,13H,1-4H3. The zero-order valence-corrected chi connectivity index (χ0v) is 8.81. The van der Waals surface area contributed by atoms with Crippen LogP contribution in [0.1, 0.15) is 39.0 Å². The summed E-state index contributed by atoms with van der Waals surface area (Å²) >= 11 is 0. The summed E-state index contributed by atoms with van der Waals surface area (Å²) in [6, 6.07) is 2.20. The Bertz CT molecular complexity index is 353. The molecule has 0 saturated heterocycles. The Hall–Kier alpha value is -0.980. The number of nitrogens with one attached hydrogen (secondary N) is 1. The van der Waals surface area contributed by atoms with E-state index in [2.05, 4.69) is 50.9 Å². The van der Waals surface area contributed by atoms with Gasteiger partial charge in [-0.25, -0.2) is 0 Å². The number of rotatable bonds is 0. The van der Waals surface area contributed by atoms with E-state index < -0.39 is 0 Å². The van der Waals surface area contributed by atoms with Gasteiger partial charge in [0, 0.05) is 17.3 Å². The van der Waals surface area contributed by atoms with Crippen molar-refractivity contribution in [3.05, 3.63) is 29.6 Å². The molecule has 13 heavy (non-hydrogen) atoms. The highest BCUT2D eigenvalue weighted by Gasteiger charge is 2.40. The predicted molar refractivity (Wildman–Crippen MR) is 56.6 cm³/mol. The van der Waals surface area contributed by atoms with Gasteiger partial charge in [0.15, 0.2) is 0 Å². The second-order valence-electron chi connectivity index (χ2n) is 4.99. The Morgan fingerprint density at radius 1 is 1.15 bits per heavy atom. The van der Waals surface area contributed by atoms with Gasteiger partial charge in [-0.2, -0.15) is 0 Å². The largest absolute Gasteiger partial charge is 0.361 e. The fourth-order valence-electron chi connectivity index (χ4n) is 1.91. The Labute approximate surface area is 79.9 Å². The number of fused-ring (bicyclic) bond motifs is 1. The fraction of sp³-hybridized carbons (Fsp3) is 0.500. The molecule has 1 nitrogen and oxygen atoms in total. The maximum Gasteiger partial charge on any atom is 0.0415 e. The lowest BCUT2D eigenvalue weighted by atomic mass is 9.62. The summed E-state index contributed by atoms with van der Waals surface area (Å²) in [6.07, 6.45) is 6.52. The summed E-state index contributed by atoms with van der Waals surface area (Å²) in [5, 5.41) is 0. The molecule has 0 bridgehead atoms. The second-order valence-corrected chi connectivity index (χ2v) is 4.99. The molecule has 70 valence electrons. The summed E-state index contributed by atoms with van der Waals surface area (Å²) in [5.74, 6) is 0. The van der Waals surface area contributed by atoms with Crippen LogP contribution in [0.4, 0.5) is 0 Å². The topological polar surface area (TPSA) is 15.8 Å². The first-order valence-corrected chi connectivity index (χ1v) is 4.82. The minimum absolute atomic E-state index is 0.219. The molecule has 1 heteroatoms. The summed E-state index contributed by atoms with van der Waals surface area (Å²) < 4.78 is 0. The van der Waals surface area contributed by atoms with E-state index >= 15 is 0 Å². The van der Waals surface area contributed by atoms with Crippen molar-refractivity contribution in [2.45, 2.75) is 33.1 Å². The van der Waals surface area contributed by atoms with Crippen molar-refractivity contribution in [3.63, 3.8) is 0 Å². The zero-order chi connectivity index (χ0) is 9.69. The van der Waals surface area contributed by atoms with Crippen LogP contribution in [-0.4, -0.2) is 4.98 Å². The molecule has 0 radical (unpaired) electrons. The van der Waals surface area contributed by atoms with E-state index in [0.717, 1.165) is 0 Å². The minimum Gasteiger partial charge on any atom is -0.361 e. The molecular formula is C12H17N. The van der Waals surface area contributed by atoms with Gasteiger partial charge in [0.05, 0.1) is 0 Å². The van der Waals surface area contributed by atoms with Crippen LogP contribution in [0.25, 0.3) is 6.08 Å². The highest BCUT2D eigenvalue weighted by atomic mass is 14.7. The monoisotopic (exact) mass is 175 g/mol. The molecule has 2 rings (SSSR count). The third-order valence-electron chi connectivity index (χ3n) is 3.73. The third-order valence-corrected chi connectivity index (χ3v) is 3.73. The van der Waals surface area contributed by atoms with Crippen LogP contribution in [0.2, 0.25) is 0 Å². The van der Waals surface area contributed by atoms with E-state index in [0.29, 0.717) is 0 Å².